The van der Waals surface area contributed by atoms with Crippen LogP contribution in [0.25, 0.3) is 0 Å². The molecule has 0 aromatic heterocycles. The van der Waals surface area contributed by atoms with Crippen molar-refractivity contribution in [3.63, 3.8) is 0 Å². The highest BCUT2D eigenvalue weighted by Gasteiger charge is 2.11. The number of amides is 1. The van der Waals surface area contributed by atoms with Crippen LogP contribution in [-0.4, -0.2) is 46.4 Å². The molecule has 0 bridgehead atoms. The molecule has 0 saturated heterocycles. The third-order valence-corrected chi connectivity index (χ3v) is 4.22. The van der Waals surface area contributed by atoms with E-state index in [4.69, 9.17) is 14.2 Å². The van der Waals surface area contributed by atoms with Crippen molar-refractivity contribution in [3.05, 3.63) is 48.0 Å². The summed E-state index contributed by atoms with van der Waals surface area (Å²) in [6.07, 6.45) is 0. The van der Waals surface area contributed by atoms with Crippen LogP contribution in [0, 0.1) is 0 Å². The Morgan fingerprint density at radius 2 is 1.67 bits per heavy atom. The Balaban J connectivity index is 2.09. The number of hydrogen-bond donors (Lipinski definition) is 1. The molecule has 0 aliphatic carbocycles. The van der Waals surface area contributed by atoms with Crippen LogP contribution in [0.3, 0.4) is 0 Å². The average Bonchev–Trinajstić information content (AvgIpc) is 2.70. The molecule has 1 N–H and O–H groups in total. The maximum atomic E-state index is 12.5. The lowest BCUT2D eigenvalue weighted by Crippen LogP contribution is -2.21. The lowest BCUT2D eigenvalue weighted by atomic mass is 10.1. The van der Waals surface area contributed by atoms with Crippen molar-refractivity contribution in [3.8, 4) is 11.5 Å². The van der Waals surface area contributed by atoms with Crippen molar-refractivity contribution in [1.29, 1.82) is 0 Å². The van der Waals surface area contributed by atoms with E-state index in [0.29, 0.717) is 36.0 Å². The first-order valence-electron chi connectivity index (χ1n) is 9.09. The van der Waals surface area contributed by atoms with Crippen LogP contribution in [0.1, 0.15) is 24.2 Å². The molecule has 1 amide bonds. The van der Waals surface area contributed by atoms with E-state index >= 15 is 0 Å². The van der Waals surface area contributed by atoms with Gasteiger partial charge in [0.15, 0.2) is 11.5 Å². The molecular weight excluding hydrogens is 344 g/mol. The quantitative estimate of drug-likeness (QED) is 0.643. The van der Waals surface area contributed by atoms with E-state index in [1.54, 1.807) is 32.4 Å². The number of anilines is 2. The van der Waals surface area contributed by atoms with E-state index in [0.717, 1.165) is 18.8 Å². The lowest BCUT2D eigenvalue weighted by Gasteiger charge is -2.21. The van der Waals surface area contributed by atoms with Crippen LogP contribution in [0.4, 0.5) is 11.4 Å². The average molecular weight is 372 g/mol. The highest BCUT2D eigenvalue weighted by Crippen LogP contribution is 2.30. The lowest BCUT2D eigenvalue weighted by molar-refractivity contribution is 0.102. The van der Waals surface area contributed by atoms with Gasteiger partial charge < -0.3 is 24.4 Å². The smallest absolute Gasteiger partial charge is 0.255 e. The van der Waals surface area contributed by atoms with Crippen molar-refractivity contribution in [2.24, 2.45) is 0 Å². The zero-order valence-electron chi connectivity index (χ0n) is 16.5. The number of nitrogens with zero attached hydrogens (tertiary/aromatic N) is 1. The molecule has 2 rings (SSSR count). The number of ether oxygens (including phenoxy) is 3. The molecule has 2 aromatic carbocycles. The van der Waals surface area contributed by atoms with E-state index < -0.39 is 0 Å². The standard InChI is InChI=1S/C21H28N2O4/c1-5-23(6-2)18-10-7-16(8-11-18)21(24)22-17-9-12-19(26-4)20(15-17)27-14-13-25-3/h7-12,15H,5-6,13-14H2,1-4H3,(H,22,24). The maximum absolute atomic E-state index is 12.5. The van der Waals surface area contributed by atoms with Crippen LogP contribution in [0.5, 0.6) is 11.5 Å². The fraction of sp³-hybridized carbons (Fsp3) is 0.381. The summed E-state index contributed by atoms with van der Waals surface area (Å²) in [5, 5.41) is 2.90. The van der Waals surface area contributed by atoms with Gasteiger partial charge in [0.25, 0.3) is 5.91 Å². The van der Waals surface area contributed by atoms with Gasteiger partial charge in [-0.3, -0.25) is 4.79 Å². The van der Waals surface area contributed by atoms with Gasteiger partial charge in [0, 0.05) is 43.2 Å². The van der Waals surface area contributed by atoms with E-state index in [1.165, 1.54) is 0 Å². The predicted molar refractivity (Wildman–Crippen MR) is 108 cm³/mol. The van der Waals surface area contributed by atoms with Gasteiger partial charge in [-0.25, -0.2) is 0 Å². The molecule has 0 aliphatic heterocycles. The third-order valence-electron chi connectivity index (χ3n) is 4.22. The van der Waals surface area contributed by atoms with Crippen molar-refractivity contribution >= 4 is 17.3 Å². The monoisotopic (exact) mass is 372 g/mol. The third kappa shape index (κ3) is 5.62. The summed E-state index contributed by atoms with van der Waals surface area (Å²) in [4.78, 5) is 14.8. The second-order valence-electron chi connectivity index (χ2n) is 5.88. The van der Waals surface area contributed by atoms with Gasteiger partial charge >= 0.3 is 0 Å². The fourth-order valence-electron chi connectivity index (χ4n) is 2.72. The molecule has 6 nitrogen and oxygen atoms in total. The Morgan fingerprint density at radius 1 is 0.963 bits per heavy atom. The SMILES string of the molecule is CCN(CC)c1ccc(C(=O)Nc2ccc(OC)c(OCCOC)c2)cc1. The van der Waals surface area contributed by atoms with Gasteiger partial charge in [-0.05, 0) is 50.2 Å². The summed E-state index contributed by atoms with van der Waals surface area (Å²) >= 11 is 0. The van der Waals surface area contributed by atoms with Gasteiger partial charge in [-0.2, -0.15) is 0 Å². The van der Waals surface area contributed by atoms with Crippen molar-refractivity contribution < 1.29 is 19.0 Å². The van der Waals surface area contributed by atoms with Crippen LogP contribution in [0.2, 0.25) is 0 Å². The molecule has 146 valence electrons. The van der Waals surface area contributed by atoms with Gasteiger partial charge in [0.1, 0.15) is 6.61 Å². The van der Waals surface area contributed by atoms with Crippen molar-refractivity contribution in [2.45, 2.75) is 13.8 Å². The largest absolute Gasteiger partial charge is 0.493 e. The molecule has 0 heterocycles. The normalized spacial score (nSPS) is 10.4. The van der Waals surface area contributed by atoms with Crippen LogP contribution >= 0.6 is 0 Å². The number of benzene rings is 2. The van der Waals surface area contributed by atoms with Gasteiger partial charge in [0.05, 0.1) is 13.7 Å². The van der Waals surface area contributed by atoms with E-state index in [1.807, 2.05) is 24.3 Å². The Hall–Kier alpha value is -2.73. The zero-order chi connectivity index (χ0) is 19.6. The molecular formula is C21H28N2O4. The molecule has 6 heteroatoms. The first-order chi connectivity index (χ1) is 13.1. The molecule has 0 spiro atoms. The van der Waals surface area contributed by atoms with Gasteiger partial charge in [0.2, 0.25) is 0 Å². The molecule has 27 heavy (non-hydrogen) atoms. The highest BCUT2D eigenvalue weighted by molar-refractivity contribution is 6.04. The molecule has 2 aromatic rings. The number of rotatable bonds is 10. The number of methoxy groups -OCH3 is 2. The Bertz CT molecular complexity index is 727. The molecule has 0 saturated carbocycles. The number of carbonyl (C=O) groups is 1. The van der Waals surface area contributed by atoms with E-state index in [2.05, 4.69) is 24.1 Å². The molecule has 0 fully saturated rings. The Kier molecular flexibility index (Phi) is 7.95. The van der Waals surface area contributed by atoms with Crippen molar-refractivity contribution in [2.75, 3.05) is 50.7 Å². The van der Waals surface area contributed by atoms with Crippen LogP contribution < -0.4 is 19.7 Å². The van der Waals surface area contributed by atoms with E-state index in [9.17, 15) is 4.79 Å². The number of carbonyl (C=O) groups excluding carboxylic acids is 1. The summed E-state index contributed by atoms with van der Waals surface area (Å²) in [6.45, 7) is 6.95. The summed E-state index contributed by atoms with van der Waals surface area (Å²) in [7, 11) is 3.19. The molecule has 0 atom stereocenters. The number of hydrogen-bond acceptors (Lipinski definition) is 5. The first-order valence-corrected chi connectivity index (χ1v) is 9.09. The van der Waals surface area contributed by atoms with Gasteiger partial charge in [-0.15, -0.1) is 0 Å². The molecule has 0 unspecified atom stereocenters. The second-order valence-corrected chi connectivity index (χ2v) is 5.88. The first kappa shape index (κ1) is 20.6. The van der Waals surface area contributed by atoms with Crippen LogP contribution in [-0.2, 0) is 4.74 Å². The number of nitrogens with one attached hydrogen (secondary N) is 1. The Morgan fingerprint density at radius 3 is 2.26 bits per heavy atom. The zero-order valence-corrected chi connectivity index (χ0v) is 16.5. The maximum Gasteiger partial charge on any atom is 0.255 e. The predicted octanol–water partition coefficient (Wildman–Crippen LogP) is 3.82. The minimum atomic E-state index is -0.172. The van der Waals surface area contributed by atoms with E-state index in [-0.39, 0.29) is 5.91 Å². The summed E-state index contributed by atoms with van der Waals surface area (Å²) in [6, 6.07) is 12.9. The Labute approximate surface area is 161 Å². The second kappa shape index (κ2) is 10.4. The minimum absolute atomic E-state index is 0.172. The molecule has 0 radical (unpaired) electrons. The van der Waals surface area contributed by atoms with Gasteiger partial charge in [-0.1, -0.05) is 0 Å². The van der Waals surface area contributed by atoms with Crippen molar-refractivity contribution in [1.82, 2.24) is 0 Å². The summed E-state index contributed by atoms with van der Waals surface area (Å²) in [5.41, 5.74) is 2.35. The van der Waals surface area contributed by atoms with Crippen LogP contribution in [0.15, 0.2) is 42.5 Å². The molecule has 0 aliphatic rings. The minimum Gasteiger partial charge on any atom is -0.493 e. The summed E-state index contributed by atoms with van der Waals surface area (Å²) < 4.78 is 15.9. The highest BCUT2D eigenvalue weighted by atomic mass is 16.5. The summed E-state index contributed by atoms with van der Waals surface area (Å²) in [5.74, 6) is 0.992. The fourth-order valence-corrected chi connectivity index (χ4v) is 2.72. The topological polar surface area (TPSA) is 60.0 Å².